The summed E-state index contributed by atoms with van der Waals surface area (Å²) >= 11 is 0. The van der Waals surface area contributed by atoms with Gasteiger partial charge in [0.15, 0.2) is 0 Å². The average molecular weight is 390 g/mol. The van der Waals surface area contributed by atoms with E-state index < -0.39 is 0 Å². The minimum atomic E-state index is 0.648. The Hall–Kier alpha value is -2.96. The third kappa shape index (κ3) is 5.76. The summed E-state index contributed by atoms with van der Waals surface area (Å²) in [6, 6.07) is 22.5. The smallest absolute Gasteiger partial charge is 0.225 e. The molecule has 0 amide bonds. The van der Waals surface area contributed by atoms with Crippen LogP contribution in [0.1, 0.15) is 5.56 Å². The lowest BCUT2D eigenvalue weighted by Gasteiger charge is -2.26. The monoisotopic (exact) mass is 389 g/mol. The second kappa shape index (κ2) is 10.0. The van der Waals surface area contributed by atoms with Gasteiger partial charge in [0.1, 0.15) is 5.82 Å². The van der Waals surface area contributed by atoms with E-state index in [9.17, 15) is 0 Å². The molecule has 1 aliphatic rings. The fourth-order valence-electron chi connectivity index (χ4n) is 3.31. The number of nitrogens with one attached hydrogen (secondary N) is 2. The van der Waals surface area contributed by atoms with Gasteiger partial charge in [-0.05, 0) is 5.56 Å². The van der Waals surface area contributed by atoms with Crippen LogP contribution in [0.5, 0.6) is 0 Å². The maximum atomic E-state index is 5.41. The van der Waals surface area contributed by atoms with Gasteiger partial charge in [0, 0.05) is 44.4 Å². The third-order valence-corrected chi connectivity index (χ3v) is 4.93. The van der Waals surface area contributed by atoms with Gasteiger partial charge in [-0.2, -0.15) is 4.98 Å². The van der Waals surface area contributed by atoms with Crippen LogP contribution in [0, 0.1) is 0 Å². The molecule has 0 unspecified atom stereocenters. The van der Waals surface area contributed by atoms with Crippen LogP contribution in [0.2, 0.25) is 0 Å². The van der Waals surface area contributed by atoms with Crippen LogP contribution in [-0.2, 0) is 11.3 Å². The third-order valence-electron chi connectivity index (χ3n) is 4.93. The molecule has 1 aromatic heterocycles. The Balaban J connectivity index is 1.46. The van der Waals surface area contributed by atoms with E-state index in [4.69, 9.17) is 9.72 Å². The summed E-state index contributed by atoms with van der Waals surface area (Å²) in [6.45, 7) is 6.07. The molecule has 6 heteroatoms. The van der Waals surface area contributed by atoms with Gasteiger partial charge in [0.25, 0.3) is 0 Å². The standard InChI is InChI=1S/C23H27N5O/c1-3-7-19(8-4-1)18-25-22-17-21(20-9-5-2-6-10-20)26-23(27-22)24-11-12-28-13-15-29-16-14-28/h1-10,17H,11-16,18H2,(H2,24,25,26,27). The van der Waals surface area contributed by atoms with Crippen molar-refractivity contribution in [2.24, 2.45) is 0 Å². The number of morpholine rings is 1. The molecule has 2 aromatic carbocycles. The highest BCUT2D eigenvalue weighted by Crippen LogP contribution is 2.21. The van der Waals surface area contributed by atoms with Crippen molar-refractivity contribution in [3.8, 4) is 11.3 Å². The van der Waals surface area contributed by atoms with Crippen LogP contribution >= 0.6 is 0 Å². The quantitative estimate of drug-likeness (QED) is 0.615. The molecule has 1 aliphatic heterocycles. The zero-order valence-electron chi connectivity index (χ0n) is 16.6. The molecule has 1 fully saturated rings. The van der Waals surface area contributed by atoms with Gasteiger partial charge in [0.05, 0.1) is 18.9 Å². The molecule has 1 saturated heterocycles. The Morgan fingerprint density at radius 3 is 2.34 bits per heavy atom. The molecule has 2 N–H and O–H groups in total. The van der Waals surface area contributed by atoms with Gasteiger partial charge in [-0.25, -0.2) is 4.98 Å². The van der Waals surface area contributed by atoms with E-state index >= 15 is 0 Å². The first-order chi connectivity index (χ1) is 14.4. The fraction of sp³-hybridized carbons (Fsp3) is 0.304. The molecule has 4 rings (SSSR count). The summed E-state index contributed by atoms with van der Waals surface area (Å²) in [6.07, 6.45) is 0. The van der Waals surface area contributed by atoms with Crippen molar-refractivity contribution in [1.29, 1.82) is 0 Å². The molecule has 0 spiro atoms. The predicted molar refractivity (Wildman–Crippen MR) is 117 cm³/mol. The minimum absolute atomic E-state index is 0.648. The number of ether oxygens (including phenoxy) is 1. The summed E-state index contributed by atoms with van der Waals surface area (Å²) in [5.74, 6) is 1.46. The van der Waals surface area contributed by atoms with E-state index in [0.717, 1.165) is 63.0 Å². The van der Waals surface area contributed by atoms with E-state index in [1.165, 1.54) is 5.56 Å². The topological polar surface area (TPSA) is 62.3 Å². The largest absolute Gasteiger partial charge is 0.379 e. The number of aromatic nitrogens is 2. The summed E-state index contributed by atoms with van der Waals surface area (Å²) in [5.41, 5.74) is 3.20. The number of nitrogens with zero attached hydrogens (tertiary/aromatic N) is 3. The Morgan fingerprint density at radius 2 is 1.59 bits per heavy atom. The van der Waals surface area contributed by atoms with Crippen LogP contribution in [0.4, 0.5) is 11.8 Å². The van der Waals surface area contributed by atoms with Gasteiger partial charge in [-0.1, -0.05) is 60.7 Å². The van der Waals surface area contributed by atoms with Crippen molar-refractivity contribution in [1.82, 2.24) is 14.9 Å². The lowest BCUT2D eigenvalue weighted by atomic mass is 10.1. The summed E-state index contributed by atoms with van der Waals surface area (Å²) in [7, 11) is 0. The second-order valence-electron chi connectivity index (χ2n) is 7.05. The van der Waals surface area contributed by atoms with E-state index in [-0.39, 0.29) is 0 Å². The zero-order chi connectivity index (χ0) is 19.7. The van der Waals surface area contributed by atoms with Crippen molar-refractivity contribution in [3.63, 3.8) is 0 Å². The maximum Gasteiger partial charge on any atom is 0.225 e. The molecular weight excluding hydrogens is 362 g/mol. The van der Waals surface area contributed by atoms with Gasteiger partial charge in [-0.3, -0.25) is 4.90 Å². The maximum absolute atomic E-state index is 5.41. The molecule has 0 atom stereocenters. The fourth-order valence-corrected chi connectivity index (χ4v) is 3.31. The van der Waals surface area contributed by atoms with Crippen molar-refractivity contribution in [2.45, 2.75) is 6.54 Å². The molecule has 0 bridgehead atoms. The van der Waals surface area contributed by atoms with Crippen LogP contribution in [0.25, 0.3) is 11.3 Å². The highest BCUT2D eigenvalue weighted by Gasteiger charge is 2.11. The van der Waals surface area contributed by atoms with Crippen molar-refractivity contribution >= 4 is 11.8 Å². The number of hydrogen-bond acceptors (Lipinski definition) is 6. The second-order valence-corrected chi connectivity index (χ2v) is 7.05. The van der Waals surface area contributed by atoms with Crippen LogP contribution in [-0.4, -0.2) is 54.3 Å². The van der Waals surface area contributed by atoms with Crippen LogP contribution in [0.15, 0.2) is 66.7 Å². The van der Waals surface area contributed by atoms with Gasteiger partial charge < -0.3 is 15.4 Å². The van der Waals surface area contributed by atoms with Gasteiger partial charge in [0.2, 0.25) is 5.95 Å². The lowest BCUT2D eigenvalue weighted by Crippen LogP contribution is -2.39. The number of anilines is 2. The Bertz CT molecular complexity index is 882. The summed E-state index contributed by atoms with van der Waals surface area (Å²) in [4.78, 5) is 11.8. The zero-order valence-corrected chi connectivity index (χ0v) is 16.6. The van der Waals surface area contributed by atoms with Crippen LogP contribution < -0.4 is 10.6 Å². The molecule has 0 aliphatic carbocycles. The molecule has 6 nitrogen and oxygen atoms in total. The summed E-state index contributed by atoms with van der Waals surface area (Å²) in [5, 5.41) is 6.83. The van der Waals surface area contributed by atoms with E-state index in [1.54, 1.807) is 0 Å². The Kier molecular flexibility index (Phi) is 6.68. The van der Waals surface area contributed by atoms with Crippen molar-refractivity contribution in [3.05, 3.63) is 72.3 Å². The van der Waals surface area contributed by atoms with Gasteiger partial charge >= 0.3 is 0 Å². The first kappa shape index (κ1) is 19.4. The lowest BCUT2D eigenvalue weighted by molar-refractivity contribution is 0.0398. The Morgan fingerprint density at radius 1 is 0.862 bits per heavy atom. The molecule has 0 saturated carbocycles. The number of rotatable bonds is 8. The first-order valence-electron chi connectivity index (χ1n) is 10.1. The number of benzene rings is 2. The molecular formula is C23H27N5O. The van der Waals surface area contributed by atoms with Gasteiger partial charge in [-0.15, -0.1) is 0 Å². The molecule has 3 aromatic rings. The van der Waals surface area contributed by atoms with Crippen molar-refractivity contribution < 1.29 is 4.74 Å². The minimum Gasteiger partial charge on any atom is -0.379 e. The molecule has 2 heterocycles. The SMILES string of the molecule is c1ccc(CNc2cc(-c3ccccc3)nc(NCCN3CCOCC3)n2)cc1. The molecule has 150 valence electrons. The van der Waals surface area contributed by atoms with E-state index in [0.29, 0.717) is 5.95 Å². The van der Waals surface area contributed by atoms with Crippen LogP contribution in [0.3, 0.4) is 0 Å². The Labute approximate surface area is 172 Å². The van der Waals surface area contributed by atoms with E-state index in [2.05, 4.69) is 44.8 Å². The number of hydrogen-bond donors (Lipinski definition) is 2. The summed E-state index contributed by atoms with van der Waals surface area (Å²) < 4.78 is 5.41. The normalized spacial score (nSPS) is 14.5. The highest BCUT2D eigenvalue weighted by atomic mass is 16.5. The van der Waals surface area contributed by atoms with Crippen molar-refractivity contribution in [2.75, 3.05) is 50.0 Å². The highest BCUT2D eigenvalue weighted by molar-refractivity contribution is 5.64. The molecule has 29 heavy (non-hydrogen) atoms. The average Bonchev–Trinajstić information content (AvgIpc) is 2.80. The van der Waals surface area contributed by atoms with E-state index in [1.807, 2.05) is 42.5 Å². The predicted octanol–water partition coefficient (Wildman–Crippen LogP) is 3.50. The molecule has 0 radical (unpaired) electrons. The first-order valence-corrected chi connectivity index (χ1v) is 10.1.